The average molecular weight is 348 g/mol. The smallest absolute Gasteiger partial charge is 0.263 e. The summed E-state index contributed by atoms with van der Waals surface area (Å²) < 4.78 is 0.979. The van der Waals surface area contributed by atoms with Gasteiger partial charge in [0, 0.05) is 22.4 Å². The number of benzene rings is 1. The van der Waals surface area contributed by atoms with E-state index in [9.17, 15) is 4.79 Å². The van der Waals surface area contributed by atoms with Crippen LogP contribution in [0.3, 0.4) is 0 Å². The summed E-state index contributed by atoms with van der Waals surface area (Å²) in [4.78, 5) is 12.1. The van der Waals surface area contributed by atoms with Crippen LogP contribution in [-0.2, 0) is 4.79 Å². The van der Waals surface area contributed by atoms with Crippen LogP contribution in [0, 0.1) is 11.3 Å². The molecule has 0 radical (unpaired) electrons. The highest BCUT2D eigenvalue weighted by Gasteiger charge is 2.17. The lowest BCUT2D eigenvalue weighted by Crippen LogP contribution is -2.37. The van der Waals surface area contributed by atoms with E-state index >= 15 is 0 Å². The molecular weight excluding hydrogens is 330 g/mol. The van der Waals surface area contributed by atoms with Crippen molar-refractivity contribution in [3.05, 3.63) is 40.5 Å². The van der Waals surface area contributed by atoms with Gasteiger partial charge in [-0.1, -0.05) is 35.2 Å². The Hall–Kier alpha value is -1.80. The monoisotopic (exact) mass is 347 g/mol. The van der Waals surface area contributed by atoms with Crippen LogP contribution in [-0.4, -0.2) is 11.9 Å². The van der Waals surface area contributed by atoms with Gasteiger partial charge >= 0.3 is 0 Å². The number of nitrogens with zero attached hydrogens (tertiary/aromatic N) is 1. The SMILES string of the molecule is N#C/C(=C/Nc1ccc(Br)cc1)C(=O)NC1CCCCC1. The maximum Gasteiger partial charge on any atom is 0.263 e. The van der Waals surface area contributed by atoms with Crippen molar-refractivity contribution in [1.29, 1.82) is 5.26 Å². The number of anilines is 1. The lowest BCUT2D eigenvalue weighted by molar-refractivity contribution is -0.118. The first-order valence-electron chi connectivity index (χ1n) is 7.12. The van der Waals surface area contributed by atoms with Crippen LogP contribution in [0.1, 0.15) is 32.1 Å². The zero-order valence-electron chi connectivity index (χ0n) is 11.7. The maximum atomic E-state index is 12.1. The first kappa shape index (κ1) is 15.6. The zero-order valence-corrected chi connectivity index (χ0v) is 13.3. The van der Waals surface area contributed by atoms with Gasteiger partial charge in [0.25, 0.3) is 5.91 Å². The third kappa shape index (κ3) is 4.91. The van der Waals surface area contributed by atoms with Gasteiger partial charge in [0.05, 0.1) is 0 Å². The minimum atomic E-state index is -0.297. The summed E-state index contributed by atoms with van der Waals surface area (Å²) in [5, 5.41) is 15.0. The highest BCUT2D eigenvalue weighted by molar-refractivity contribution is 9.10. The minimum absolute atomic E-state index is 0.100. The second kappa shape index (κ2) is 7.84. The summed E-state index contributed by atoms with van der Waals surface area (Å²) in [5.74, 6) is -0.297. The second-order valence-electron chi connectivity index (χ2n) is 5.13. The molecule has 21 heavy (non-hydrogen) atoms. The quantitative estimate of drug-likeness (QED) is 0.644. The summed E-state index contributed by atoms with van der Waals surface area (Å²) >= 11 is 3.36. The van der Waals surface area contributed by atoms with Gasteiger partial charge in [0.2, 0.25) is 0 Å². The first-order valence-corrected chi connectivity index (χ1v) is 7.91. The predicted octanol–water partition coefficient (Wildman–Crippen LogP) is 3.72. The zero-order chi connectivity index (χ0) is 15.1. The summed E-state index contributed by atoms with van der Waals surface area (Å²) in [5.41, 5.74) is 0.930. The van der Waals surface area contributed by atoms with Gasteiger partial charge in [-0.2, -0.15) is 5.26 Å². The van der Waals surface area contributed by atoms with Gasteiger partial charge in [-0.05, 0) is 37.1 Å². The molecule has 5 heteroatoms. The second-order valence-corrected chi connectivity index (χ2v) is 6.05. The van der Waals surface area contributed by atoms with Gasteiger partial charge < -0.3 is 10.6 Å². The minimum Gasteiger partial charge on any atom is -0.360 e. The molecule has 0 atom stereocenters. The largest absolute Gasteiger partial charge is 0.360 e. The fourth-order valence-electron chi connectivity index (χ4n) is 2.36. The van der Waals surface area contributed by atoms with Crippen molar-refractivity contribution in [3.63, 3.8) is 0 Å². The number of amides is 1. The van der Waals surface area contributed by atoms with Crippen molar-refractivity contribution in [2.45, 2.75) is 38.1 Å². The molecule has 0 spiro atoms. The average Bonchev–Trinajstić information content (AvgIpc) is 2.51. The molecule has 1 aliphatic rings. The molecule has 1 aromatic rings. The molecule has 0 heterocycles. The van der Waals surface area contributed by atoms with Gasteiger partial charge in [-0.3, -0.25) is 4.79 Å². The molecule has 1 saturated carbocycles. The van der Waals surface area contributed by atoms with Crippen molar-refractivity contribution in [2.75, 3.05) is 5.32 Å². The molecule has 1 fully saturated rings. The summed E-state index contributed by atoms with van der Waals surface area (Å²) in [6.45, 7) is 0. The van der Waals surface area contributed by atoms with Crippen molar-refractivity contribution in [3.8, 4) is 6.07 Å². The van der Waals surface area contributed by atoms with E-state index in [2.05, 4.69) is 26.6 Å². The molecule has 0 bridgehead atoms. The van der Waals surface area contributed by atoms with Gasteiger partial charge in [-0.15, -0.1) is 0 Å². The molecule has 0 saturated heterocycles. The Labute approximate surface area is 133 Å². The van der Waals surface area contributed by atoms with Gasteiger partial charge in [-0.25, -0.2) is 0 Å². The Morgan fingerprint density at radius 1 is 1.24 bits per heavy atom. The Balaban J connectivity index is 1.94. The Bertz CT molecular complexity index is 554. The van der Waals surface area contributed by atoms with E-state index in [0.29, 0.717) is 0 Å². The third-order valence-corrected chi connectivity index (χ3v) is 4.06. The highest BCUT2D eigenvalue weighted by Crippen LogP contribution is 2.18. The number of carbonyl (C=O) groups is 1. The van der Waals surface area contributed by atoms with Crippen molar-refractivity contribution in [2.24, 2.45) is 0 Å². The molecule has 0 aromatic heterocycles. The summed E-state index contributed by atoms with van der Waals surface area (Å²) in [6.07, 6.45) is 7.00. The molecule has 1 aromatic carbocycles. The highest BCUT2D eigenvalue weighted by atomic mass is 79.9. The number of nitrogens with one attached hydrogen (secondary N) is 2. The summed E-state index contributed by atoms with van der Waals surface area (Å²) in [7, 11) is 0. The number of hydrogen-bond acceptors (Lipinski definition) is 3. The molecule has 4 nitrogen and oxygen atoms in total. The van der Waals surface area contributed by atoms with Crippen LogP contribution >= 0.6 is 15.9 Å². The lowest BCUT2D eigenvalue weighted by atomic mass is 9.95. The molecule has 2 N–H and O–H groups in total. The maximum absolute atomic E-state index is 12.1. The Morgan fingerprint density at radius 2 is 1.90 bits per heavy atom. The first-order chi connectivity index (χ1) is 10.2. The molecule has 0 unspecified atom stereocenters. The fraction of sp³-hybridized carbons (Fsp3) is 0.375. The number of rotatable bonds is 4. The Kier molecular flexibility index (Phi) is 5.82. The number of carbonyl (C=O) groups excluding carboxylic acids is 1. The van der Waals surface area contributed by atoms with E-state index in [1.165, 1.54) is 12.6 Å². The number of nitriles is 1. The van der Waals surface area contributed by atoms with Gasteiger partial charge in [0.15, 0.2) is 0 Å². The fourth-order valence-corrected chi connectivity index (χ4v) is 2.62. The molecular formula is C16H18BrN3O. The molecule has 110 valence electrons. The van der Waals surface area contributed by atoms with E-state index in [1.54, 1.807) is 0 Å². The van der Waals surface area contributed by atoms with E-state index in [4.69, 9.17) is 5.26 Å². The molecule has 2 rings (SSSR count). The normalized spacial score (nSPS) is 16.1. The standard InChI is InChI=1S/C16H18BrN3O/c17-13-6-8-14(9-7-13)19-11-12(10-18)16(21)20-15-4-2-1-3-5-15/h6-9,11,15,19H,1-5H2,(H,20,21)/b12-11-. The van der Waals surface area contributed by atoms with Crippen molar-refractivity contribution in [1.82, 2.24) is 5.32 Å². The van der Waals surface area contributed by atoms with Crippen LogP contribution in [0.2, 0.25) is 0 Å². The molecule has 1 aliphatic carbocycles. The topological polar surface area (TPSA) is 64.9 Å². The van der Waals surface area contributed by atoms with Crippen LogP contribution < -0.4 is 10.6 Å². The van der Waals surface area contributed by atoms with Crippen LogP contribution in [0.4, 0.5) is 5.69 Å². The number of hydrogen-bond donors (Lipinski definition) is 2. The Morgan fingerprint density at radius 3 is 2.52 bits per heavy atom. The third-order valence-electron chi connectivity index (χ3n) is 3.53. The predicted molar refractivity (Wildman–Crippen MR) is 86.5 cm³/mol. The van der Waals surface area contributed by atoms with E-state index < -0.39 is 0 Å². The van der Waals surface area contributed by atoms with E-state index in [-0.39, 0.29) is 17.5 Å². The van der Waals surface area contributed by atoms with E-state index in [1.807, 2.05) is 30.3 Å². The van der Waals surface area contributed by atoms with Crippen LogP contribution in [0.25, 0.3) is 0 Å². The van der Waals surface area contributed by atoms with Crippen molar-refractivity contribution < 1.29 is 4.79 Å². The lowest BCUT2D eigenvalue weighted by Gasteiger charge is -2.22. The molecule has 0 aliphatic heterocycles. The van der Waals surface area contributed by atoms with Crippen LogP contribution in [0.5, 0.6) is 0 Å². The summed E-state index contributed by atoms with van der Waals surface area (Å²) in [6, 6.07) is 9.68. The molecule has 1 amide bonds. The van der Waals surface area contributed by atoms with Crippen molar-refractivity contribution >= 4 is 27.5 Å². The van der Waals surface area contributed by atoms with Crippen LogP contribution in [0.15, 0.2) is 40.5 Å². The number of halogens is 1. The van der Waals surface area contributed by atoms with E-state index in [0.717, 1.165) is 35.8 Å². The van der Waals surface area contributed by atoms with Gasteiger partial charge in [0.1, 0.15) is 11.6 Å².